The molecule has 1 N–H and O–H groups in total. The third kappa shape index (κ3) is 3.81. The van der Waals surface area contributed by atoms with Crippen LogP contribution in [-0.4, -0.2) is 41.6 Å². The first-order chi connectivity index (χ1) is 9.68. The van der Waals surface area contributed by atoms with Crippen molar-refractivity contribution in [1.29, 1.82) is 0 Å². The number of rotatable bonds is 4. The van der Waals surface area contributed by atoms with Crippen molar-refractivity contribution >= 4 is 11.9 Å². The van der Waals surface area contributed by atoms with E-state index in [0.717, 1.165) is 32.4 Å². The molecule has 1 aliphatic heterocycles. The first-order valence-electron chi connectivity index (χ1n) is 6.86. The highest BCUT2D eigenvalue weighted by Gasteiger charge is 2.22. The fourth-order valence-electron chi connectivity index (χ4n) is 2.22. The molecule has 1 heterocycles. The number of carbonyl (C=O) groups is 2. The Hall–Kier alpha value is -1.88. The van der Waals surface area contributed by atoms with E-state index in [1.807, 2.05) is 0 Å². The van der Waals surface area contributed by atoms with Gasteiger partial charge in [-0.15, -0.1) is 0 Å². The van der Waals surface area contributed by atoms with Gasteiger partial charge in [-0.05, 0) is 24.8 Å². The highest BCUT2D eigenvalue weighted by Crippen LogP contribution is 2.14. The SMILES string of the molecule is O=C(OCC(=O)N1CCCCC1)[C@@H](O)c1ccccc1. The van der Waals surface area contributed by atoms with Crippen LogP contribution in [0, 0.1) is 0 Å². The molecular formula is C15H19NO4. The van der Waals surface area contributed by atoms with Crippen molar-refractivity contribution in [3.05, 3.63) is 35.9 Å². The number of hydrogen-bond acceptors (Lipinski definition) is 4. The van der Waals surface area contributed by atoms with Gasteiger partial charge in [0, 0.05) is 13.1 Å². The van der Waals surface area contributed by atoms with Crippen LogP contribution in [0.3, 0.4) is 0 Å². The Bertz CT molecular complexity index is 454. The summed E-state index contributed by atoms with van der Waals surface area (Å²) in [5, 5.41) is 9.81. The largest absolute Gasteiger partial charge is 0.453 e. The predicted octanol–water partition coefficient (Wildman–Crippen LogP) is 1.28. The molecule has 5 heteroatoms. The molecular weight excluding hydrogens is 258 g/mol. The Morgan fingerprint density at radius 2 is 1.80 bits per heavy atom. The molecule has 0 aliphatic carbocycles. The molecule has 0 aromatic heterocycles. The van der Waals surface area contributed by atoms with E-state index in [1.54, 1.807) is 35.2 Å². The topological polar surface area (TPSA) is 66.8 Å². The van der Waals surface area contributed by atoms with E-state index in [1.165, 1.54) is 0 Å². The average Bonchev–Trinajstić information content (AvgIpc) is 2.53. The number of carbonyl (C=O) groups excluding carboxylic acids is 2. The molecule has 1 saturated heterocycles. The number of ether oxygens (including phenoxy) is 1. The normalized spacial score (nSPS) is 16.6. The minimum absolute atomic E-state index is 0.196. The molecule has 1 atom stereocenters. The summed E-state index contributed by atoms with van der Waals surface area (Å²) in [6, 6.07) is 8.52. The van der Waals surface area contributed by atoms with Crippen LogP contribution in [-0.2, 0) is 14.3 Å². The maximum atomic E-state index is 11.8. The molecule has 20 heavy (non-hydrogen) atoms. The van der Waals surface area contributed by atoms with Gasteiger partial charge in [0.25, 0.3) is 5.91 Å². The number of benzene rings is 1. The van der Waals surface area contributed by atoms with Gasteiger partial charge in [-0.1, -0.05) is 30.3 Å². The molecule has 0 spiro atoms. The zero-order chi connectivity index (χ0) is 14.4. The van der Waals surface area contributed by atoms with Crippen molar-refractivity contribution in [2.75, 3.05) is 19.7 Å². The molecule has 0 unspecified atom stereocenters. The average molecular weight is 277 g/mol. The number of nitrogens with zero attached hydrogens (tertiary/aromatic N) is 1. The molecule has 1 fully saturated rings. The van der Waals surface area contributed by atoms with Crippen molar-refractivity contribution in [1.82, 2.24) is 4.90 Å². The van der Waals surface area contributed by atoms with Crippen LogP contribution in [0.15, 0.2) is 30.3 Å². The summed E-state index contributed by atoms with van der Waals surface area (Å²) in [7, 11) is 0. The minimum Gasteiger partial charge on any atom is -0.453 e. The number of amides is 1. The van der Waals surface area contributed by atoms with E-state index in [0.29, 0.717) is 5.56 Å². The lowest BCUT2D eigenvalue weighted by atomic mass is 10.1. The maximum absolute atomic E-state index is 11.8. The fourth-order valence-corrected chi connectivity index (χ4v) is 2.22. The van der Waals surface area contributed by atoms with E-state index in [4.69, 9.17) is 4.74 Å². The first kappa shape index (κ1) is 14.5. The molecule has 0 radical (unpaired) electrons. The quantitative estimate of drug-likeness (QED) is 0.842. The van der Waals surface area contributed by atoms with E-state index < -0.39 is 12.1 Å². The summed E-state index contributed by atoms with van der Waals surface area (Å²) >= 11 is 0. The highest BCUT2D eigenvalue weighted by molar-refractivity contribution is 5.82. The minimum atomic E-state index is -1.34. The Labute approximate surface area is 118 Å². The summed E-state index contributed by atoms with van der Waals surface area (Å²) in [5.41, 5.74) is 0.461. The second-order valence-electron chi connectivity index (χ2n) is 4.86. The monoisotopic (exact) mass is 277 g/mol. The third-order valence-corrected chi connectivity index (χ3v) is 3.39. The van der Waals surface area contributed by atoms with Crippen LogP contribution in [0.1, 0.15) is 30.9 Å². The van der Waals surface area contributed by atoms with Gasteiger partial charge in [0.2, 0.25) is 0 Å². The number of esters is 1. The van der Waals surface area contributed by atoms with E-state index in [9.17, 15) is 14.7 Å². The van der Waals surface area contributed by atoms with Crippen LogP contribution in [0.25, 0.3) is 0 Å². The molecule has 2 rings (SSSR count). The maximum Gasteiger partial charge on any atom is 0.340 e. The van der Waals surface area contributed by atoms with Crippen molar-refractivity contribution in [2.45, 2.75) is 25.4 Å². The lowest BCUT2D eigenvalue weighted by molar-refractivity contribution is -0.159. The predicted molar refractivity (Wildman–Crippen MR) is 72.8 cm³/mol. The Morgan fingerprint density at radius 3 is 2.45 bits per heavy atom. The number of aliphatic hydroxyl groups is 1. The van der Waals surface area contributed by atoms with Gasteiger partial charge in [-0.2, -0.15) is 0 Å². The standard InChI is InChI=1S/C15H19NO4/c17-13(16-9-5-2-6-10-16)11-20-15(19)14(18)12-7-3-1-4-8-12/h1,3-4,7-8,14,18H,2,5-6,9-11H2/t14-/m0/s1. The number of hydrogen-bond donors (Lipinski definition) is 1. The first-order valence-corrected chi connectivity index (χ1v) is 6.86. The van der Waals surface area contributed by atoms with Crippen LogP contribution in [0.5, 0.6) is 0 Å². The van der Waals surface area contributed by atoms with Crippen LogP contribution < -0.4 is 0 Å². The van der Waals surface area contributed by atoms with Crippen LogP contribution >= 0.6 is 0 Å². The summed E-state index contributed by atoms with van der Waals surface area (Å²) in [6.45, 7) is 1.14. The zero-order valence-electron chi connectivity index (χ0n) is 11.3. The molecule has 1 aromatic carbocycles. The van der Waals surface area contributed by atoms with Crippen LogP contribution in [0.4, 0.5) is 0 Å². The Balaban J connectivity index is 1.81. The van der Waals surface area contributed by atoms with Gasteiger partial charge in [0.05, 0.1) is 0 Å². The Morgan fingerprint density at radius 1 is 1.15 bits per heavy atom. The number of aliphatic hydroxyl groups excluding tert-OH is 1. The summed E-state index contributed by atoms with van der Waals surface area (Å²) in [5.74, 6) is -0.986. The van der Waals surface area contributed by atoms with Gasteiger partial charge < -0.3 is 14.7 Å². The third-order valence-electron chi connectivity index (χ3n) is 3.39. The molecule has 1 amide bonds. The Kier molecular flexibility index (Phi) is 5.12. The van der Waals surface area contributed by atoms with Gasteiger partial charge in [0.15, 0.2) is 12.7 Å². The summed E-state index contributed by atoms with van der Waals surface area (Å²) in [6.07, 6.45) is 1.78. The second kappa shape index (κ2) is 7.05. The molecule has 0 bridgehead atoms. The summed E-state index contributed by atoms with van der Waals surface area (Å²) in [4.78, 5) is 25.2. The van der Waals surface area contributed by atoms with Gasteiger partial charge >= 0.3 is 5.97 Å². The van der Waals surface area contributed by atoms with E-state index in [2.05, 4.69) is 0 Å². The molecule has 1 aliphatic rings. The molecule has 0 saturated carbocycles. The summed E-state index contributed by atoms with van der Waals surface area (Å²) < 4.78 is 4.89. The fraction of sp³-hybridized carbons (Fsp3) is 0.467. The highest BCUT2D eigenvalue weighted by atomic mass is 16.5. The van der Waals surface area contributed by atoms with Gasteiger partial charge in [-0.3, -0.25) is 4.79 Å². The van der Waals surface area contributed by atoms with Crippen molar-refractivity contribution in [3.63, 3.8) is 0 Å². The van der Waals surface area contributed by atoms with E-state index in [-0.39, 0.29) is 12.5 Å². The zero-order valence-corrected chi connectivity index (χ0v) is 11.3. The van der Waals surface area contributed by atoms with Gasteiger partial charge in [-0.25, -0.2) is 4.79 Å². The van der Waals surface area contributed by atoms with Gasteiger partial charge in [0.1, 0.15) is 0 Å². The van der Waals surface area contributed by atoms with Crippen molar-refractivity contribution < 1.29 is 19.4 Å². The van der Waals surface area contributed by atoms with E-state index >= 15 is 0 Å². The number of piperidine rings is 1. The smallest absolute Gasteiger partial charge is 0.340 e. The van der Waals surface area contributed by atoms with Crippen molar-refractivity contribution in [3.8, 4) is 0 Å². The molecule has 108 valence electrons. The lowest BCUT2D eigenvalue weighted by Gasteiger charge is -2.26. The number of likely N-dealkylation sites (tertiary alicyclic amines) is 1. The lowest BCUT2D eigenvalue weighted by Crippen LogP contribution is -2.38. The molecule has 5 nitrogen and oxygen atoms in total. The van der Waals surface area contributed by atoms with Crippen LogP contribution in [0.2, 0.25) is 0 Å². The second-order valence-corrected chi connectivity index (χ2v) is 4.86. The van der Waals surface area contributed by atoms with Crippen molar-refractivity contribution in [2.24, 2.45) is 0 Å². The molecule has 1 aromatic rings.